The van der Waals surface area contributed by atoms with Crippen LogP contribution in [-0.2, 0) is 4.79 Å². The Balaban J connectivity index is 1.49. The number of carbonyl (C=O) groups excluding carboxylic acids is 1. The summed E-state index contributed by atoms with van der Waals surface area (Å²) in [7, 11) is 0. The minimum atomic E-state index is 0.293. The van der Waals surface area contributed by atoms with Gasteiger partial charge >= 0.3 is 0 Å². The van der Waals surface area contributed by atoms with Crippen LogP contribution in [0.15, 0.2) is 0 Å². The molecule has 0 saturated heterocycles. The topological polar surface area (TPSA) is 29.1 Å². The summed E-state index contributed by atoms with van der Waals surface area (Å²) in [6, 6.07) is 0. The predicted molar refractivity (Wildman–Crippen MR) is 80.0 cm³/mol. The van der Waals surface area contributed by atoms with Crippen molar-refractivity contribution in [2.75, 3.05) is 6.54 Å². The maximum atomic E-state index is 11.8. The van der Waals surface area contributed by atoms with Crippen LogP contribution in [0.2, 0.25) is 0 Å². The first-order valence-electron chi connectivity index (χ1n) is 8.61. The van der Waals surface area contributed by atoms with E-state index in [9.17, 15) is 4.79 Å². The van der Waals surface area contributed by atoms with Gasteiger partial charge in [0.05, 0.1) is 0 Å². The lowest BCUT2D eigenvalue weighted by atomic mass is 9.86. The SMILES string of the molecule is O=C(CCCC1CCCCC1)NCC1CCCCC1. The fraction of sp³-hybridized carbons (Fsp3) is 0.941. The van der Waals surface area contributed by atoms with E-state index in [2.05, 4.69) is 5.32 Å². The Morgan fingerprint density at radius 2 is 1.42 bits per heavy atom. The molecule has 2 fully saturated rings. The molecule has 2 heteroatoms. The van der Waals surface area contributed by atoms with Gasteiger partial charge in [-0.2, -0.15) is 0 Å². The minimum Gasteiger partial charge on any atom is -0.356 e. The molecule has 2 aliphatic rings. The molecular formula is C17H31NO. The third kappa shape index (κ3) is 5.97. The van der Waals surface area contributed by atoms with Gasteiger partial charge in [-0.25, -0.2) is 0 Å². The van der Waals surface area contributed by atoms with Gasteiger partial charge in [-0.05, 0) is 37.5 Å². The van der Waals surface area contributed by atoms with Crippen LogP contribution in [0.4, 0.5) is 0 Å². The molecule has 1 N–H and O–H groups in total. The molecule has 19 heavy (non-hydrogen) atoms. The molecule has 2 rings (SSSR count). The van der Waals surface area contributed by atoms with E-state index >= 15 is 0 Å². The van der Waals surface area contributed by atoms with Gasteiger partial charge in [-0.3, -0.25) is 4.79 Å². The number of hydrogen-bond donors (Lipinski definition) is 1. The monoisotopic (exact) mass is 265 g/mol. The van der Waals surface area contributed by atoms with Crippen LogP contribution in [0.5, 0.6) is 0 Å². The molecule has 2 nitrogen and oxygen atoms in total. The summed E-state index contributed by atoms with van der Waals surface area (Å²) in [4.78, 5) is 11.8. The molecule has 2 saturated carbocycles. The van der Waals surface area contributed by atoms with Crippen LogP contribution in [-0.4, -0.2) is 12.5 Å². The number of rotatable bonds is 6. The molecule has 0 aromatic heterocycles. The Bertz CT molecular complexity index is 252. The van der Waals surface area contributed by atoms with Crippen molar-refractivity contribution in [1.82, 2.24) is 5.32 Å². The lowest BCUT2D eigenvalue weighted by Crippen LogP contribution is -2.30. The molecule has 0 heterocycles. The molecule has 0 aromatic rings. The van der Waals surface area contributed by atoms with Gasteiger partial charge in [-0.1, -0.05) is 51.4 Å². The Labute approximate surface area is 118 Å². The van der Waals surface area contributed by atoms with Gasteiger partial charge in [0.25, 0.3) is 0 Å². The maximum absolute atomic E-state index is 11.8. The third-order valence-corrected chi connectivity index (χ3v) is 5.05. The molecule has 0 radical (unpaired) electrons. The molecule has 0 unspecified atom stereocenters. The van der Waals surface area contributed by atoms with Gasteiger partial charge in [0.15, 0.2) is 0 Å². The third-order valence-electron chi connectivity index (χ3n) is 5.05. The molecule has 1 amide bonds. The van der Waals surface area contributed by atoms with Crippen molar-refractivity contribution >= 4 is 5.91 Å². The molecule has 0 atom stereocenters. The molecular weight excluding hydrogens is 234 g/mol. The first-order chi connectivity index (χ1) is 9.34. The zero-order valence-corrected chi connectivity index (χ0v) is 12.5. The highest BCUT2D eigenvalue weighted by molar-refractivity contribution is 5.75. The standard InChI is InChI=1S/C17H31NO/c19-17(18-14-16-10-5-2-6-11-16)13-7-12-15-8-3-1-4-9-15/h15-16H,1-14H2,(H,18,19). The predicted octanol–water partition coefficient (Wildman–Crippen LogP) is 4.43. The van der Waals surface area contributed by atoms with E-state index in [0.29, 0.717) is 5.91 Å². The molecule has 0 aliphatic heterocycles. The molecule has 2 aliphatic carbocycles. The second-order valence-electron chi connectivity index (χ2n) is 6.70. The zero-order valence-electron chi connectivity index (χ0n) is 12.5. The lowest BCUT2D eigenvalue weighted by Gasteiger charge is -2.22. The highest BCUT2D eigenvalue weighted by Gasteiger charge is 2.15. The minimum absolute atomic E-state index is 0.293. The second-order valence-corrected chi connectivity index (χ2v) is 6.70. The van der Waals surface area contributed by atoms with Gasteiger partial charge in [0, 0.05) is 13.0 Å². The summed E-state index contributed by atoms with van der Waals surface area (Å²) in [5.41, 5.74) is 0. The van der Waals surface area contributed by atoms with Gasteiger partial charge in [-0.15, -0.1) is 0 Å². The summed E-state index contributed by atoms with van der Waals surface area (Å²) in [5.74, 6) is 1.97. The van der Waals surface area contributed by atoms with Crippen LogP contribution < -0.4 is 5.32 Å². The van der Waals surface area contributed by atoms with Crippen LogP contribution in [0.1, 0.15) is 83.5 Å². The summed E-state index contributed by atoms with van der Waals surface area (Å²) >= 11 is 0. The van der Waals surface area contributed by atoms with E-state index in [0.717, 1.165) is 31.2 Å². The number of hydrogen-bond acceptors (Lipinski definition) is 1. The maximum Gasteiger partial charge on any atom is 0.220 e. The Morgan fingerprint density at radius 1 is 0.842 bits per heavy atom. The number of carbonyl (C=O) groups is 1. The van der Waals surface area contributed by atoms with Crippen molar-refractivity contribution in [2.45, 2.75) is 83.5 Å². The van der Waals surface area contributed by atoms with Crippen LogP contribution in [0, 0.1) is 11.8 Å². The van der Waals surface area contributed by atoms with Crippen molar-refractivity contribution < 1.29 is 4.79 Å². The average molecular weight is 265 g/mol. The fourth-order valence-corrected chi connectivity index (χ4v) is 3.76. The first kappa shape index (κ1) is 14.9. The largest absolute Gasteiger partial charge is 0.356 e. The zero-order chi connectivity index (χ0) is 13.3. The van der Waals surface area contributed by atoms with E-state index < -0.39 is 0 Å². The van der Waals surface area contributed by atoms with E-state index in [4.69, 9.17) is 0 Å². The van der Waals surface area contributed by atoms with Crippen LogP contribution in [0.3, 0.4) is 0 Å². The second kappa shape index (κ2) is 8.60. The normalized spacial score (nSPS) is 22.3. The number of amides is 1. The van der Waals surface area contributed by atoms with Crippen molar-refractivity contribution in [2.24, 2.45) is 11.8 Å². The van der Waals surface area contributed by atoms with E-state index in [-0.39, 0.29) is 0 Å². The molecule has 0 aromatic carbocycles. The molecule has 0 spiro atoms. The summed E-state index contributed by atoms with van der Waals surface area (Å²) in [5, 5.41) is 3.15. The van der Waals surface area contributed by atoms with E-state index in [1.54, 1.807) is 0 Å². The summed E-state index contributed by atoms with van der Waals surface area (Å²) in [6.07, 6.45) is 17.0. The fourth-order valence-electron chi connectivity index (χ4n) is 3.76. The van der Waals surface area contributed by atoms with Gasteiger partial charge in [0.2, 0.25) is 5.91 Å². The van der Waals surface area contributed by atoms with Crippen molar-refractivity contribution in [1.29, 1.82) is 0 Å². The van der Waals surface area contributed by atoms with E-state index in [1.165, 1.54) is 70.6 Å². The van der Waals surface area contributed by atoms with Crippen LogP contribution in [0.25, 0.3) is 0 Å². The summed E-state index contributed by atoms with van der Waals surface area (Å²) in [6.45, 7) is 0.933. The Hall–Kier alpha value is -0.530. The molecule has 0 bridgehead atoms. The quantitative estimate of drug-likeness (QED) is 0.756. The molecule has 110 valence electrons. The average Bonchev–Trinajstić information content (AvgIpc) is 2.47. The summed E-state index contributed by atoms with van der Waals surface area (Å²) < 4.78 is 0. The van der Waals surface area contributed by atoms with Crippen LogP contribution >= 0.6 is 0 Å². The lowest BCUT2D eigenvalue weighted by molar-refractivity contribution is -0.121. The van der Waals surface area contributed by atoms with Gasteiger partial charge < -0.3 is 5.32 Å². The Kier molecular flexibility index (Phi) is 6.73. The van der Waals surface area contributed by atoms with E-state index in [1.807, 2.05) is 0 Å². The van der Waals surface area contributed by atoms with Crippen molar-refractivity contribution in [3.8, 4) is 0 Å². The highest BCUT2D eigenvalue weighted by Crippen LogP contribution is 2.27. The van der Waals surface area contributed by atoms with Crippen molar-refractivity contribution in [3.63, 3.8) is 0 Å². The Morgan fingerprint density at radius 3 is 2.05 bits per heavy atom. The van der Waals surface area contributed by atoms with Gasteiger partial charge in [0.1, 0.15) is 0 Å². The first-order valence-corrected chi connectivity index (χ1v) is 8.61. The number of nitrogens with one attached hydrogen (secondary N) is 1. The highest BCUT2D eigenvalue weighted by atomic mass is 16.1. The smallest absolute Gasteiger partial charge is 0.220 e. The van der Waals surface area contributed by atoms with Crippen molar-refractivity contribution in [3.05, 3.63) is 0 Å².